The van der Waals surface area contributed by atoms with Crippen LogP contribution < -0.4 is 5.32 Å². The Labute approximate surface area is 115 Å². The van der Waals surface area contributed by atoms with Crippen LogP contribution in [-0.2, 0) is 6.42 Å². The largest absolute Gasteiger partial charge is 0.315 e. The van der Waals surface area contributed by atoms with E-state index in [9.17, 15) is 0 Å². The molecule has 0 aromatic carbocycles. The molecule has 2 nitrogen and oxygen atoms in total. The zero-order valence-corrected chi connectivity index (χ0v) is 12.3. The van der Waals surface area contributed by atoms with Crippen molar-refractivity contribution in [2.45, 2.75) is 45.1 Å². The molecule has 1 aromatic heterocycles. The monoisotopic (exact) mass is 266 g/mol. The van der Waals surface area contributed by atoms with Crippen LogP contribution in [0.1, 0.15) is 38.2 Å². The lowest BCUT2D eigenvalue weighted by Gasteiger charge is -2.21. The summed E-state index contributed by atoms with van der Waals surface area (Å²) < 4.78 is 0. The summed E-state index contributed by atoms with van der Waals surface area (Å²) in [5.41, 5.74) is 1.47. The SMILES string of the molecule is CCCCN(CCNCCc1ccsc1)C1CC1. The summed E-state index contributed by atoms with van der Waals surface area (Å²) in [6.45, 7) is 7.07. The molecule has 0 atom stereocenters. The highest BCUT2D eigenvalue weighted by molar-refractivity contribution is 7.07. The number of rotatable bonds is 10. The maximum atomic E-state index is 3.58. The molecule has 2 rings (SSSR count). The van der Waals surface area contributed by atoms with Crippen molar-refractivity contribution in [3.8, 4) is 0 Å². The molecule has 0 aliphatic heterocycles. The van der Waals surface area contributed by atoms with Crippen LogP contribution in [0, 0.1) is 0 Å². The van der Waals surface area contributed by atoms with Crippen LogP contribution in [0.3, 0.4) is 0 Å². The second kappa shape index (κ2) is 7.93. The van der Waals surface area contributed by atoms with Crippen molar-refractivity contribution in [1.29, 1.82) is 0 Å². The van der Waals surface area contributed by atoms with Crippen molar-refractivity contribution < 1.29 is 0 Å². The van der Waals surface area contributed by atoms with Gasteiger partial charge in [0, 0.05) is 19.1 Å². The van der Waals surface area contributed by atoms with Gasteiger partial charge >= 0.3 is 0 Å². The first kappa shape index (κ1) is 14.0. The highest BCUT2D eigenvalue weighted by Gasteiger charge is 2.27. The predicted octanol–water partition coefficient (Wildman–Crippen LogP) is 3.14. The molecule has 1 N–H and O–H groups in total. The molecule has 1 aromatic rings. The average molecular weight is 266 g/mol. The van der Waals surface area contributed by atoms with Gasteiger partial charge in [0.2, 0.25) is 0 Å². The lowest BCUT2D eigenvalue weighted by Crippen LogP contribution is -2.35. The second-order valence-corrected chi connectivity index (χ2v) is 6.03. The molecule has 102 valence electrons. The van der Waals surface area contributed by atoms with Crippen LogP contribution in [0.25, 0.3) is 0 Å². The molecule has 0 radical (unpaired) electrons. The van der Waals surface area contributed by atoms with Gasteiger partial charge in [-0.3, -0.25) is 4.90 Å². The minimum Gasteiger partial charge on any atom is -0.315 e. The van der Waals surface area contributed by atoms with E-state index in [0.717, 1.165) is 19.1 Å². The Morgan fingerprint density at radius 3 is 2.89 bits per heavy atom. The molecule has 0 spiro atoms. The van der Waals surface area contributed by atoms with Gasteiger partial charge in [0.15, 0.2) is 0 Å². The zero-order chi connectivity index (χ0) is 12.6. The molecular formula is C15H26N2S. The first-order valence-corrected chi connectivity index (χ1v) is 8.30. The summed E-state index contributed by atoms with van der Waals surface area (Å²) in [5.74, 6) is 0. The van der Waals surface area contributed by atoms with Gasteiger partial charge in [-0.15, -0.1) is 0 Å². The van der Waals surface area contributed by atoms with E-state index >= 15 is 0 Å². The topological polar surface area (TPSA) is 15.3 Å². The summed E-state index contributed by atoms with van der Waals surface area (Å²) in [6, 6.07) is 3.14. The fraction of sp³-hybridized carbons (Fsp3) is 0.733. The van der Waals surface area contributed by atoms with Crippen molar-refractivity contribution in [2.75, 3.05) is 26.2 Å². The Kier molecular flexibility index (Phi) is 6.18. The van der Waals surface area contributed by atoms with Gasteiger partial charge in [-0.1, -0.05) is 13.3 Å². The van der Waals surface area contributed by atoms with Crippen LogP contribution in [-0.4, -0.2) is 37.1 Å². The third kappa shape index (κ3) is 5.09. The van der Waals surface area contributed by atoms with E-state index in [0.29, 0.717) is 0 Å². The fourth-order valence-electron chi connectivity index (χ4n) is 2.29. The highest BCUT2D eigenvalue weighted by Crippen LogP contribution is 2.26. The molecule has 0 bridgehead atoms. The van der Waals surface area contributed by atoms with Gasteiger partial charge in [-0.2, -0.15) is 11.3 Å². The zero-order valence-electron chi connectivity index (χ0n) is 11.5. The Morgan fingerprint density at radius 2 is 2.22 bits per heavy atom. The molecular weight excluding hydrogens is 240 g/mol. The maximum absolute atomic E-state index is 3.58. The standard InChI is InChI=1S/C15H26N2S/c1-2-3-10-17(15-4-5-15)11-9-16-8-6-14-7-12-18-13-14/h7,12-13,15-16H,2-6,8-11H2,1H3. The summed E-state index contributed by atoms with van der Waals surface area (Å²) in [6.07, 6.45) is 6.69. The smallest absolute Gasteiger partial charge is 0.0110 e. The van der Waals surface area contributed by atoms with E-state index < -0.39 is 0 Å². The number of unbranched alkanes of at least 4 members (excludes halogenated alkanes) is 1. The van der Waals surface area contributed by atoms with Crippen molar-refractivity contribution in [3.63, 3.8) is 0 Å². The lowest BCUT2D eigenvalue weighted by atomic mass is 10.2. The normalized spacial score (nSPS) is 15.4. The summed E-state index contributed by atoms with van der Waals surface area (Å²) in [5, 5.41) is 7.99. The second-order valence-electron chi connectivity index (χ2n) is 5.25. The van der Waals surface area contributed by atoms with Crippen molar-refractivity contribution in [2.24, 2.45) is 0 Å². The molecule has 0 amide bonds. The van der Waals surface area contributed by atoms with E-state index in [1.807, 2.05) is 0 Å². The molecule has 3 heteroatoms. The molecule has 0 unspecified atom stereocenters. The Balaban J connectivity index is 1.53. The third-order valence-corrected chi connectivity index (χ3v) is 4.34. The number of nitrogens with one attached hydrogen (secondary N) is 1. The van der Waals surface area contributed by atoms with E-state index in [2.05, 4.69) is 34.0 Å². The molecule has 1 heterocycles. The molecule has 18 heavy (non-hydrogen) atoms. The highest BCUT2D eigenvalue weighted by atomic mass is 32.1. The van der Waals surface area contributed by atoms with E-state index in [1.54, 1.807) is 11.3 Å². The Hall–Kier alpha value is -0.380. The minimum atomic E-state index is 0.912. The number of hydrogen-bond donors (Lipinski definition) is 1. The summed E-state index contributed by atoms with van der Waals surface area (Å²) in [4.78, 5) is 2.68. The summed E-state index contributed by atoms with van der Waals surface area (Å²) in [7, 11) is 0. The number of nitrogens with zero attached hydrogens (tertiary/aromatic N) is 1. The van der Waals surface area contributed by atoms with Gasteiger partial charge in [-0.05, 0) is 61.2 Å². The van der Waals surface area contributed by atoms with Crippen LogP contribution >= 0.6 is 11.3 Å². The quantitative estimate of drug-likeness (QED) is 0.655. The molecule has 1 saturated carbocycles. The lowest BCUT2D eigenvalue weighted by molar-refractivity contribution is 0.259. The van der Waals surface area contributed by atoms with E-state index in [-0.39, 0.29) is 0 Å². The molecule has 1 fully saturated rings. The van der Waals surface area contributed by atoms with Gasteiger partial charge in [0.1, 0.15) is 0 Å². The van der Waals surface area contributed by atoms with Gasteiger partial charge in [-0.25, -0.2) is 0 Å². The van der Waals surface area contributed by atoms with E-state index in [1.165, 1.54) is 50.8 Å². The van der Waals surface area contributed by atoms with E-state index in [4.69, 9.17) is 0 Å². The van der Waals surface area contributed by atoms with Gasteiger partial charge in [0.05, 0.1) is 0 Å². The summed E-state index contributed by atoms with van der Waals surface area (Å²) >= 11 is 1.79. The van der Waals surface area contributed by atoms with Crippen molar-refractivity contribution in [1.82, 2.24) is 10.2 Å². The van der Waals surface area contributed by atoms with Crippen LogP contribution in [0.15, 0.2) is 16.8 Å². The van der Waals surface area contributed by atoms with Crippen LogP contribution in [0.5, 0.6) is 0 Å². The minimum absolute atomic E-state index is 0.912. The van der Waals surface area contributed by atoms with Crippen molar-refractivity contribution >= 4 is 11.3 Å². The first-order valence-electron chi connectivity index (χ1n) is 7.36. The van der Waals surface area contributed by atoms with Crippen LogP contribution in [0.2, 0.25) is 0 Å². The molecule has 1 aliphatic rings. The predicted molar refractivity (Wildman–Crippen MR) is 80.4 cm³/mol. The Bertz CT molecular complexity index is 306. The fourth-order valence-corrected chi connectivity index (χ4v) is 3.00. The maximum Gasteiger partial charge on any atom is 0.0110 e. The van der Waals surface area contributed by atoms with Gasteiger partial charge < -0.3 is 5.32 Å². The molecule has 0 saturated heterocycles. The third-order valence-electron chi connectivity index (χ3n) is 3.61. The Morgan fingerprint density at radius 1 is 1.33 bits per heavy atom. The average Bonchev–Trinajstić information content (AvgIpc) is 3.10. The van der Waals surface area contributed by atoms with Gasteiger partial charge in [0.25, 0.3) is 0 Å². The van der Waals surface area contributed by atoms with Crippen molar-refractivity contribution in [3.05, 3.63) is 22.4 Å². The molecule has 1 aliphatic carbocycles. The van der Waals surface area contributed by atoms with Crippen LogP contribution in [0.4, 0.5) is 0 Å². The number of thiophene rings is 1. The first-order chi connectivity index (χ1) is 8.90. The number of hydrogen-bond acceptors (Lipinski definition) is 3.